The van der Waals surface area contributed by atoms with Gasteiger partial charge in [-0.2, -0.15) is 0 Å². The molecule has 4 heterocycles. The number of hydrogen-bond acceptors (Lipinski definition) is 2. The fourth-order valence-corrected chi connectivity index (χ4v) is 8.43. The lowest BCUT2D eigenvalue weighted by Gasteiger charge is -2.41. The summed E-state index contributed by atoms with van der Waals surface area (Å²) in [6, 6.07) is 55.1. The predicted molar refractivity (Wildman–Crippen MR) is 193 cm³/mol. The van der Waals surface area contributed by atoms with E-state index < -0.39 is 0 Å². The number of fused-ring (bicyclic) bond motifs is 10. The molecule has 0 N–H and O–H groups in total. The first-order valence-corrected chi connectivity index (χ1v) is 15.9. The van der Waals surface area contributed by atoms with E-state index in [9.17, 15) is 0 Å². The number of para-hydroxylation sites is 4. The monoisotopic (exact) mass is 584 g/mol. The van der Waals surface area contributed by atoms with Crippen molar-refractivity contribution < 1.29 is 4.42 Å². The van der Waals surface area contributed by atoms with Crippen molar-refractivity contribution in [2.75, 3.05) is 4.90 Å². The number of hydrogen-bond donors (Lipinski definition) is 0. The summed E-state index contributed by atoms with van der Waals surface area (Å²) >= 11 is 0. The molecule has 11 rings (SSSR count). The van der Waals surface area contributed by atoms with Crippen LogP contribution in [0.25, 0.3) is 66.0 Å². The SMILES string of the molecule is c1ccc(-c2c(N3c4ccccc4B4c5c(cccc53)-c3cccc5c6ccccc6n4c35)ccc3oc4ccccc4c23)cc1. The number of anilines is 3. The van der Waals surface area contributed by atoms with Crippen LogP contribution in [-0.4, -0.2) is 11.3 Å². The smallest absolute Gasteiger partial charge is 0.333 e. The van der Waals surface area contributed by atoms with Gasteiger partial charge in [0.05, 0.1) is 5.69 Å². The minimum absolute atomic E-state index is 0.0506. The highest BCUT2D eigenvalue weighted by molar-refractivity contribution is 6.90. The van der Waals surface area contributed by atoms with Crippen molar-refractivity contribution in [1.29, 1.82) is 0 Å². The Morgan fingerprint density at radius 3 is 2.13 bits per heavy atom. The molecule has 0 atom stereocenters. The van der Waals surface area contributed by atoms with Gasteiger partial charge in [-0.25, -0.2) is 0 Å². The summed E-state index contributed by atoms with van der Waals surface area (Å²) < 4.78 is 9.04. The molecule has 212 valence electrons. The van der Waals surface area contributed by atoms with Crippen LogP contribution in [-0.2, 0) is 0 Å². The van der Waals surface area contributed by atoms with Crippen LogP contribution in [0.3, 0.4) is 0 Å². The third-order valence-electron chi connectivity index (χ3n) is 10.2. The topological polar surface area (TPSA) is 21.3 Å². The van der Waals surface area contributed by atoms with Crippen LogP contribution in [0.1, 0.15) is 0 Å². The van der Waals surface area contributed by atoms with Crippen molar-refractivity contribution in [1.82, 2.24) is 4.48 Å². The fourth-order valence-electron chi connectivity index (χ4n) is 8.43. The van der Waals surface area contributed by atoms with Gasteiger partial charge in [0.2, 0.25) is 0 Å². The molecule has 2 aliphatic rings. The molecule has 0 spiro atoms. The fraction of sp³-hybridized carbons (Fsp3) is 0. The van der Waals surface area contributed by atoms with Crippen molar-refractivity contribution in [3.63, 3.8) is 0 Å². The second-order valence-corrected chi connectivity index (χ2v) is 12.4. The summed E-state index contributed by atoms with van der Waals surface area (Å²) in [5, 5.41) is 4.89. The van der Waals surface area contributed by atoms with E-state index in [1.165, 1.54) is 66.4 Å². The Morgan fingerprint density at radius 1 is 0.478 bits per heavy atom. The summed E-state index contributed by atoms with van der Waals surface area (Å²) in [4.78, 5) is 2.50. The van der Waals surface area contributed by atoms with Crippen molar-refractivity contribution in [3.05, 3.63) is 152 Å². The van der Waals surface area contributed by atoms with E-state index in [-0.39, 0.29) is 6.85 Å². The highest BCUT2D eigenvalue weighted by Gasteiger charge is 2.42. The zero-order valence-electron chi connectivity index (χ0n) is 24.8. The maximum atomic E-state index is 6.44. The number of benzene rings is 7. The predicted octanol–water partition coefficient (Wildman–Crippen LogP) is 9.78. The molecule has 46 heavy (non-hydrogen) atoms. The maximum Gasteiger partial charge on any atom is 0.333 e. The van der Waals surface area contributed by atoms with E-state index in [0.717, 1.165) is 27.6 Å². The van der Waals surface area contributed by atoms with Gasteiger partial charge < -0.3 is 13.8 Å². The maximum absolute atomic E-state index is 6.44. The number of furan rings is 1. The molecule has 0 aliphatic carbocycles. The summed E-state index contributed by atoms with van der Waals surface area (Å²) in [5.74, 6) is 0. The Hall–Kier alpha value is -6.00. The summed E-state index contributed by atoms with van der Waals surface area (Å²) in [6.07, 6.45) is 0. The van der Waals surface area contributed by atoms with E-state index in [2.05, 4.69) is 155 Å². The molecule has 2 aliphatic heterocycles. The van der Waals surface area contributed by atoms with Crippen LogP contribution in [0.15, 0.2) is 156 Å². The molecule has 3 nitrogen and oxygen atoms in total. The zero-order valence-corrected chi connectivity index (χ0v) is 24.8. The van der Waals surface area contributed by atoms with Crippen LogP contribution in [0.4, 0.5) is 17.1 Å². The molecule has 0 radical (unpaired) electrons. The second kappa shape index (κ2) is 8.80. The highest BCUT2D eigenvalue weighted by Crippen LogP contribution is 2.49. The highest BCUT2D eigenvalue weighted by atomic mass is 16.3. The van der Waals surface area contributed by atoms with Crippen molar-refractivity contribution >= 4 is 78.6 Å². The first-order chi connectivity index (χ1) is 22.9. The van der Waals surface area contributed by atoms with Gasteiger partial charge in [-0.05, 0) is 58.5 Å². The van der Waals surface area contributed by atoms with Gasteiger partial charge in [0.1, 0.15) is 11.2 Å². The second-order valence-electron chi connectivity index (χ2n) is 12.4. The Morgan fingerprint density at radius 2 is 1.20 bits per heavy atom. The lowest BCUT2D eigenvalue weighted by Crippen LogP contribution is -2.56. The third-order valence-corrected chi connectivity index (χ3v) is 10.2. The summed E-state index contributed by atoms with van der Waals surface area (Å²) in [5.41, 5.74) is 15.5. The molecule has 0 saturated heterocycles. The number of rotatable bonds is 2. The normalized spacial score (nSPS) is 13.1. The quantitative estimate of drug-likeness (QED) is 0.189. The van der Waals surface area contributed by atoms with Gasteiger partial charge in [-0.1, -0.05) is 115 Å². The van der Waals surface area contributed by atoms with E-state index >= 15 is 0 Å². The van der Waals surface area contributed by atoms with Crippen LogP contribution >= 0.6 is 0 Å². The van der Waals surface area contributed by atoms with Crippen LogP contribution in [0.2, 0.25) is 0 Å². The average Bonchev–Trinajstić information content (AvgIpc) is 3.67. The molecule has 2 aromatic heterocycles. The molecule has 7 aromatic carbocycles. The molecule has 0 bridgehead atoms. The van der Waals surface area contributed by atoms with Gasteiger partial charge in [0.15, 0.2) is 0 Å². The molecule has 9 aromatic rings. The van der Waals surface area contributed by atoms with E-state index in [4.69, 9.17) is 4.42 Å². The number of nitrogens with zero attached hydrogens (tertiary/aromatic N) is 2. The van der Waals surface area contributed by atoms with Crippen molar-refractivity contribution in [2.24, 2.45) is 0 Å². The van der Waals surface area contributed by atoms with Crippen LogP contribution in [0, 0.1) is 0 Å². The van der Waals surface area contributed by atoms with Crippen molar-refractivity contribution in [3.8, 4) is 22.3 Å². The summed E-state index contributed by atoms with van der Waals surface area (Å²) in [7, 11) is 0. The molecule has 0 saturated carbocycles. The van der Waals surface area contributed by atoms with Gasteiger partial charge >= 0.3 is 6.85 Å². The Labute approximate surface area is 265 Å². The first-order valence-electron chi connectivity index (χ1n) is 15.9. The minimum Gasteiger partial charge on any atom is -0.456 e. The summed E-state index contributed by atoms with van der Waals surface area (Å²) in [6.45, 7) is 0.0506. The molecule has 4 heteroatoms. The largest absolute Gasteiger partial charge is 0.456 e. The standard InChI is InChI=1S/C42H25BN2O/c1-2-12-26(13-3-1)39-35(24-25-38-40(39)31-15-5-9-23-37(31)46-38)44-34-21-8-6-19-32(34)43-41-28(16-11-22-36(41)44)30-18-10-17-29-27-14-4-7-20-33(27)45(43)42(29)30/h1-25H. The van der Waals surface area contributed by atoms with Gasteiger partial charge in [-0.15, -0.1) is 0 Å². The Bertz CT molecular complexity index is 2720. The third kappa shape index (κ3) is 2.99. The first kappa shape index (κ1) is 24.3. The number of aromatic nitrogens is 1. The minimum atomic E-state index is 0.0506. The van der Waals surface area contributed by atoms with E-state index in [0.29, 0.717) is 0 Å². The lowest BCUT2D eigenvalue weighted by atomic mass is 9.45. The molecule has 0 fully saturated rings. The van der Waals surface area contributed by atoms with Gasteiger partial charge in [0.25, 0.3) is 0 Å². The van der Waals surface area contributed by atoms with Gasteiger partial charge in [0, 0.05) is 55.1 Å². The van der Waals surface area contributed by atoms with Crippen LogP contribution < -0.4 is 15.8 Å². The average molecular weight is 584 g/mol. The Balaban J connectivity index is 1.29. The van der Waals surface area contributed by atoms with Crippen molar-refractivity contribution in [2.45, 2.75) is 0 Å². The van der Waals surface area contributed by atoms with E-state index in [1.54, 1.807) is 0 Å². The molecular weight excluding hydrogens is 559 g/mol. The zero-order chi connectivity index (χ0) is 29.9. The van der Waals surface area contributed by atoms with Gasteiger partial charge in [-0.3, -0.25) is 0 Å². The Kier molecular flexibility index (Phi) is 4.66. The molecule has 0 unspecified atom stereocenters. The molecular formula is C42H25BN2O. The molecule has 0 amide bonds. The van der Waals surface area contributed by atoms with Crippen LogP contribution in [0.5, 0.6) is 0 Å². The van der Waals surface area contributed by atoms with E-state index in [1.807, 2.05) is 6.07 Å². The lowest BCUT2D eigenvalue weighted by molar-refractivity contribution is 0.669.